The van der Waals surface area contributed by atoms with Gasteiger partial charge in [-0.05, 0) is 37.6 Å². The minimum Gasteiger partial charge on any atom is -0.402 e. The Bertz CT molecular complexity index is 772. The van der Waals surface area contributed by atoms with E-state index >= 15 is 0 Å². The maximum atomic E-state index is 11.9. The van der Waals surface area contributed by atoms with E-state index in [2.05, 4.69) is 4.99 Å². The molecule has 2 aromatic rings. The van der Waals surface area contributed by atoms with E-state index in [1.807, 2.05) is 62.4 Å². The second-order valence-electron chi connectivity index (χ2n) is 5.12. The third-order valence-corrected chi connectivity index (χ3v) is 3.23. The monoisotopic (exact) mass is 277 g/mol. The minimum atomic E-state index is -0.409. The number of cyclic esters (lactones) is 1. The zero-order valence-electron chi connectivity index (χ0n) is 12.0. The van der Waals surface area contributed by atoms with E-state index in [4.69, 9.17) is 4.74 Å². The Morgan fingerprint density at radius 3 is 2.43 bits per heavy atom. The summed E-state index contributed by atoms with van der Waals surface area (Å²) in [6.07, 6.45) is 1.75. The highest BCUT2D eigenvalue weighted by Crippen LogP contribution is 2.20. The predicted molar refractivity (Wildman–Crippen MR) is 83.0 cm³/mol. The highest BCUT2D eigenvalue weighted by Gasteiger charge is 2.24. The van der Waals surface area contributed by atoms with E-state index in [0.717, 1.165) is 22.3 Å². The van der Waals surface area contributed by atoms with Crippen LogP contribution in [-0.4, -0.2) is 11.9 Å². The molecule has 21 heavy (non-hydrogen) atoms. The number of nitrogens with zero attached hydrogens (tertiary/aromatic N) is 1. The zero-order valence-corrected chi connectivity index (χ0v) is 12.0. The largest absolute Gasteiger partial charge is 0.402 e. The molecule has 0 radical (unpaired) electrons. The Balaban J connectivity index is 1.95. The van der Waals surface area contributed by atoms with Crippen LogP contribution in [0.5, 0.6) is 0 Å². The Labute approximate surface area is 123 Å². The van der Waals surface area contributed by atoms with Crippen LogP contribution in [0, 0.1) is 13.8 Å². The Morgan fingerprint density at radius 2 is 1.71 bits per heavy atom. The Kier molecular flexibility index (Phi) is 3.40. The SMILES string of the molecule is Cc1cccc(/C=C2/N=C(c3cccc(C)c3)OC2=O)c1. The molecule has 0 aliphatic carbocycles. The van der Waals surface area contributed by atoms with Gasteiger partial charge < -0.3 is 4.74 Å². The van der Waals surface area contributed by atoms with Gasteiger partial charge in [0.1, 0.15) is 0 Å². The van der Waals surface area contributed by atoms with E-state index in [-0.39, 0.29) is 0 Å². The van der Waals surface area contributed by atoms with E-state index in [1.54, 1.807) is 6.08 Å². The standard InChI is InChI=1S/C18H15NO2/c1-12-5-3-7-14(9-12)11-16-18(20)21-17(19-16)15-8-4-6-13(2)10-15/h3-11H,1-2H3/b16-11+. The molecule has 0 unspecified atom stereocenters. The quantitative estimate of drug-likeness (QED) is 0.621. The van der Waals surface area contributed by atoms with E-state index in [1.165, 1.54) is 0 Å². The van der Waals surface area contributed by atoms with Gasteiger partial charge in [0.15, 0.2) is 5.70 Å². The van der Waals surface area contributed by atoms with Gasteiger partial charge in [-0.3, -0.25) is 0 Å². The van der Waals surface area contributed by atoms with Gasteiger partial charge >= 0.3 is 5.97 Å². The number of carbonyl (C=O) groups is 1. The molecule has 0 saturated carbocycles. The van der Waals surface area contributed by atoms with Gasteiger partial charge in [-0.25, -0.2) is 9.79 Å². The summed E-state index contributed by atoms with van der Waals surface area (Å²) in [5, 5.41) is 0. The number of ether oxygens (including phenoxy) is 1. The summed E-state index contributed by atoms with van der Waals surface area (Å²) in [4.78, 5) is 16.2. The molecule has 0 aromatic heterocycles. The van der Waals surface area contributed by atoms with Crippen molar-refractivity contribution in [2.24, 2.45) is 4.99 Å². The third kappa shape index (κ3) is 2.92. The maximum Gasteiger partial charge on any atom is 0.363 e. The number of aryl methyl sites for hydroxylation is 2. The summed E-state index contributed by atoms with van der Waals surface area (Å²) in [5.74, 6) is -0.0457. The molecule has 0 spiro atoms. The zero-order chi connectivity index (χ0) is 14.8. The number of hydrogen-bond acceptors (Lipinski definition) is 3. The smallest absolute Gasteiger partial charge is 0.363 e. The van der Waals surface area contributed by atoms with Crippen LogP contribution in [-0.2, 0) is 9.53 Å². The van der Waals surface area contributed by atoms with Gasteiger partial charge in [0, 0.05) is 5.56 Å². The van der Waals surface area contributed by atoms with Gasteiger partial charge in [0.25, 0.3) is 0 Å². The lowest BCUT2D eigenvalue weighted by Crippen LogP contribution is -2.05. The average molecular weight is 277 g/mol. The summed E-state index contributed by atoms with van der Waals surface area (Å²) in [6, 6.07) is 15.6. The van der Waals surface area contributed by atoms with Crippen LogP contribution in [0.4, 0.5) is 0 Å². The molecular weight excluding hydrogens is 262 g/mol. The van der Waals surface area contributed by atoms with Crippen LogP contribution in [0.1, 0.15) is 22.3 Å². The van der Waals surface area contributed by atoms with Gasteiger partial charge in [0.05, 0.1) is 0 Å². The van der Waals surface area contributed by atoms with Crippen molar-refractivity contribution in [1.29, 1.82) is 0 Å². The van der Waals surface area contributed by atoms with Crippen molar-refractivity contribution in [3.63, 3.8) is 0 Å². The van der Waals surface area contributed by atoms with Crippen LogP contribution in [0.3, 0.4) is 0 Å². The van der Waals surface area contributed by atoms with Gasteiger partial charge in [-0.2, -0.15) is 0 Å². The predicted octanol–water partition coefficient (Wildman–Crippen LogP) is 3.65. The van der Waals surface area contributed by atoms with Gasteiger partial charge in [-0.1, -0.05) is 47.5 Å². The molecule has 0 saturated heterocycles. The van der Waals surface area contributed by atoms with Gasteiger partial charge in [0.2, 0.25) is 5.90 Å². The number of benzene rings is 2. The average Bonchev–Trinajstić information content (AvgIpc) is 2.80. The van der Waals surface area contributed by atoms with Crippen molar-refractivity contribution >= 4 is 17.9 Å². The number of carbonyl (C=O) groups excluding carboxylic acids is 1. The lowest BCUT2D eigenvalue weighted by Gasteiger charge is -1.99. The second kappa shape index (κ2) is 5.37. The first kappa shape index (κ1) is 13.3. The maximum absolute atomic E-state index is 11.9. The first-order chi connectivity index (χ1) is 10.1. The molecule has 2 aromatic carbocycles. The minimum absolute atomic E-state index is 0.331. The topological polar surface area (TPSA) is 38.7 Å². The summed E-state index contributed by atoms with van der Waals surface area (Å²) in [7, 11) is 0. The molecule has 0 fully saturated rings. The van der Waals surface area contributed by atoms with E-state index in [9.17, 15) is 4.79 Å². The van der Waals surface area contributed by atoms with Crippen molar-refractivity contribution in [2.75, 3.05) is 0 Å². The molecule has 1 aliphatic rings. The lowest BCUT2D eigenvalue weighted by atomic mass is 10.1. The molecule has 104 valence electrons. The molecule has 0 amide bonds. The van der Waals surface area contributed by atoms with Crippen molar-refractivity contribution in [3.05, 3.63) is 76.5 Å². The van der Waals surface area contributed by atoms with Crippen LogP contribution in [0.15, 0.2) is 59.2 Å². The molecule has 0 bridgehead atoms. The summed E-state index contributed by atoms with van der Waals surface area (Å²) in [6.45, 7) is 4.00. The molecule has 1 aliphatic heterocycles. The summed E-state index contributed by atoms with van der Waals surface area (Å²) in [5.41, 5.74) is 4.32. The summed E-state index contributed by atoms with van der Waals surface area (Å²) >= 11 is 0. The third-order valence-electron chi connectivity index (χ3n) is 3.23. The molecular formula is C18H15NO2. The Hall–Kier alpha value is -2.68. The normalized spacial score (nSPS) is 16.0. The fourth-order valence-electron chi connectivity index (χ4n) is 2.23. The summed E-state index contributed by atoms with van der Waals surface area (Å²) < 4.78 is 5.26. The van der Waals surface area contributed by atoms with Crippen LogP contribution >= 0.6 is 0 Å². The van der Waals surface area contributed by atoms with Crippen LogP contribution in [0.2, 0.25) is 0 Å². The first-order valence-corrected chi connectivity index (χ1v) is 6.78. The number of hydrogen-bond donors (Lipinski definition) is 0. The van der Waals surface area contributed by atoms with Crippen molar-refractivity contribution in [3.8, 4) is 0 Å². The van der Waals surface area contributed by atoms with Crippen LogP contribution in [0.25, 0.3) is 6.08 Å². The fraction of sp³-hybridized carbons (Fsp3) is 0.111. The molecule has 3 nitrogen and oxygen atoms in total. The fourth-order valence-corrected chi connectivity index (χ4v) is 2.23. The van der Waals surface area contributed by atoms with Crippen molar-refractivity contribution in [2.45, 2.75) is 13.8 Å². The number of esters is 1. The van der Waals surface area contributed by atoms with Crippen molar-refractivity contribution in [1.82, 2.24) is 0 Å². The molecule has 0 atom stereocenters. The highest BCUT2D eigenvalue weighted by atomic mass is 16.6. The highest BCUT2D eigenvalue weighted by molar-refractivity contribution is 6.12. The molecule has 0 N–H and O–H groups in total. The Morgan fingerprint density at radius 1 is 1.00 bits per heavy atom. The van der Waals surface area contributed by atoms with Crippen molar-refractivity contribution < 1.29 is 9.53 Å². The van der Waals surface area contributed by atoms with Crippen LogP contribution < -0.4 is 0 Å². The second-order valence-corrected chi connectivity index (χ2v) is 5.12. The molecule has 1 heterocycles. The van der Waals surface area contributed by atoms with E-state index in [0.29, 0.717) is 11.6 Å². The number of aliphatic imine (C=N–C) groups is 1. The van der Waals surface area contributed by atoms with Gasteiger partial charge in [-0.15, -0.1) is 0 Å². The first-order valence-electron chi connectivity index (χ1n) is 6.78. The number of rotatable bonds is 2. The molecule has 3 heteroatoms. The van der Waals surface area contributed by atoms with E-state index < -0.39 is 5.97 Å². The lowest BCUT2D eigenvalue weighted by molar-refractivity contribution is -0.129. The molecule has 3 rings (SSSR count).